The van der Waals surface area contributed by atoms with Crippen LogP contribution in [0.5, 0.6) is 0 Å². The summed E-state index contributed by atoms with van der Waals surface area (Å²) in [5, 5.41) is 0. The topological polar surface area (TPSA) is 0 Å². The van der Waals surface area contributed by atoms with Gasteiger partial charge in [-0.2, -0.15) is 0 Å². The second kappa shape index (κ2) is 6.90. The second-order valence-electron chi connectivity index (χ2n) is 4.62. The molecule has 0 amide bonds. The summed E-state index contributed by atoms with van der Waals surface area (Å²) >= 11 is 0. The van der Waals surface area contributed by atoms with Crippen molar-refractivity contribution >= 4 is 5.57 Å². The Labute approximate surface area is 105 Å². The first-order valence-electron chi connectivity index (χ1n) is 6.21. The quantitative estimate of drug-likeness (QED) is 0.621. The molecule has 0 bridgehead atoms. The molecule has 0 aliphatic heterocycles. The Kier molecular flexibility index (Phi) is 5.48. The van der Waals surface area contributed by atoms with Crippen LogP contribution < -0.4 is 0 Å². The molecule has 0 spiro atoms. The summed E-state index contributed by atoms with van der Waals surface area (Å²) in [6.45, 7) is 8.53. The molecule has 0 aliphatic carbocycles. The first-order chi connectivity index (χ1) is 8.13. The molecule has 1 aromatic rings. The molecular formula is C17H22. The van der Waals surface area contributed by atoms with Crippen LogP contribution in [0.4, 0.5) is 0 Å². The van der Waals surface area contributed by atoms with Gasteiger partial charge in [0.2, 0.25) is 0 Å². The number of hydrogen-bond acceptors (Lipinski definition) is 0. The van der Waals surface area contributed by atoms with E-state index in [1.807, 2.05) is 6.92 Å². The Morgan fingerprint density at radius 1 is 1.12 bits per heavy atom. The molecule has 1 rings (SSSR count). The molecule has 1 aromatic carbocycles. The fourth-order valence-electron chi connectivity index (χ4n) is 1.56. The molecule has 0 aromatic heterocycles. The molecule has 0 fully saturated rings. The van der Waals surface area contributed by atoms with E-state index in [9.17, 15) is 0 Å². The Bertz CT molecular complexity index is 414. The van der Waals surface area contributed by atoms with Gasteiger partial charge in [-0.05, 0) is 30.9 Å². The van der Waals surface area contributed by atoms with E-state index in [-0.39, 0.29) is 0 Å². The first kappa shape index (κ1) is 13.5. The smallest absolute Gasteiger partial charge is 0.0184 e. The van der Waals surface area contributed by atoms with Crippen LogP contribution in [0, 0.1) is 12.8 Å². The second-order valence-corrected chi connectivity index (χ2v) is 4.62. The number of allylic oxidation sites excluding steroid dienone is 6. The SMILES string of the molecule is C\C=C/C(=C\C=C\C(C)C)c1ccc(C)cc1. The predicted molar refractivity (Wildman–Crippen MR) is 77.9 cm³/mol. The van der Waals surface area contributed by atoms with Crippen molar-refractivity contribution in [2.45, 2.75) is 27.7 Å². The molecule has 0 aliphatic rings. The lowest BCUT2D eigenvalue weighted by molar-refractivity contribution is 0.832. The van der Waals surface area contributed by atoms with Crippen molar-refractivity contribution in [2.24, 2.45) is 5.92 Å². The van der Waals surface area contributed by atoms with Gasteiger partial charge in [0, 0.05) is 0 Å². The highest BCUT2D eigenvalue weighted by Crippen LogP contribution is 2.17. The van der Waals surface area contributed by atoms with Crippen LogP contribution in [-0.2, 0) is 0 Å². The lowest BCUT2D eigenvalue weighted by atomic mass is 10.0. The van der Waals surface area contributed by atoms with Gasteiger partial charge in [-0.25, -0.2) is 0 Å². The fraction of sp³-hybridized carbons (Fsp3) is 0.294. The molecule has 0 radical (unpaired) electrons. The molecule has 0 saturated carbocycles. The van der Waals surface area contributed by atoms with Gasteiger partial charge in [0.05, 0.1) is 0 Å². The van der Waals surface area contributed by atoms with Crippen molar-refractivity contribution in [1.29, 1.82) is 0 Å². The normalized spacial score (nSPS) is 13.1. The summed E-state index contributed by atoms with van der Waals surface area (Å²) in [4.78, 5) is 0. The number of rotatable bonds is 4. The van der Waals surface area contributed by atoms with Crippen LogP contribution in [0.25, 0.3) is 5.57 Å². The third-order valence-corrected chi connectivity index (χ3v) is 2.50. The maximum absolute atomic E-state index is 2.21. The molecule has 90 valence electrons. The Morgan fingerprint density at radius 2 is 1.76 bits per heavy atom. The van der Waals surface area contributed by atoms with Crippen molar-refractivity contribution in [3.05, 3.63) is 65.8 Å². The maximum atomic E-state index is 2.21. The standard InChI is InChI=1S/C17H22/c1-5-7-16(9-6-8-14(2)3)17-12-10-15(4)11-13-17/h5-14H,1-4H3/b7-5-,8-6+,16-9+. The minimum absolute atomic E-state index is 0.594. The van der Waals surface area contributed by atoms with Gasteiger partial charge >= 0.3 is 0 Å². The number of benzene rings is 1. The Balaban J connectivity index is 2.97. The lowest BCUT2D eigenvalue weighted by Crippen LogP contribution is -1.82. The van der Waals surface area contributed by atoms with E-state index in [0.717, 1.165) is 0 Å². The number of aryl methyl sites for hydroxylation is 1. The lowest BCUT2D eigenvalue weighted by Gasteiger charge is -2.02. The Morgan fingerprint density at radius 3 is 2.29 bits per heavy atom. The van der Waals surface area contributed by atoms with Crippen molar-refractivity contribution in [1.82, 2.24) is 0 Å². The van der Waals surface area contributed by atoms with Crippen LogP contribution >= 0.6 is 0 Å². The average Bonchev–Trinajstić information content (AvgIpc) is 2.29. The van der Waals surface area contributed by atoms with Crippen molar-refractivity contribution in [3.8, 4) is 0 Å². The van der Waals surface area contributed by atoms with E-state index in [1.54, 1.807) is 0 Å². The zero-order valence-corrected chi connectivity index (χ0v) is 11.3. The van der Waals surface area contributed by atoms with E-state index in [0.29, 0.717) is 5.92 Å². The zero-order chi connectivity index (χ0) is 12.7. The molecule has 17 heavy (non-hydrogen) atoms. The van der Waals surface area contributed by atoms with Crippen molar-refractivity contribution in [3.63, 3.8) is 0 Å². The highest BCUT2D eigenvalue weighted by Gasteiger charge is 1.95. The van der Waals surface area contributed by atoms with E-state index in [4.69, 9.17) is 0 Å². The third-order valence-electron chi connectivity index (χ3n) is 2.50. The van der Waals surface area contributed by atoms with Gasteiger partial charge in [-0.1, -0.05) is 74.1 Å². The third kappa shape index (κ3) is 4.86. The highest BCUT2D eigenvalue weighted by molar-refractivity contribution is 5.75. The monoisotopic (exact) mass is 226 g/mol. The van der Waals surface area contributed by atoms with Crippen LogP contribution in [0.3, 0.4) is 0 Å². The van der Waals surface area contributed by atoms with Gasteiger partial charge in [-0.3, -0.25) is 0 Å². The molecule has 0 N–H and O–H groups in total. The zero-order valence-electron chi connectivity index (χ0n) is 11.3. The molecule has 0 saturated heterocycles. The van der Waals surface area contributed by atoms with Gasteiger partial charge in [0.25, 0.3) is 0 Å². The van der Waals surface area contributed by atoms with Gasteiger partial charge in [-0.15, -0.1) is 0 Å². The van der Waals surface area contributed by atoms with Gasteiger partial charge in [0.15, 0.2) is 0 Å². The summed E-state index contributed by atoms with van der Waals surface area (Å²) in [7, 11) is 0. The Hall–Kier alpha value is -1.56. The minimum Gasteiger partial charge on any atom is -0.0870 e. The number of hydrogen-bond donors (Lipinski definition) is 0. The summed E-state index contributed by atoms with van der Waals surface area (Å²) in [5.41, 5.74) is 3.82. The van der Waals surface area contributed by atoms with Gasteiger partial charge in [0.1, 0.15) is 0 Å². The van der Waals surface area contributed by atoms with Crippen molar-refractivity contribution in [2.75, 3.05) is 0 Å². The molecule has 0 unspecified atom stereocenters. The van der Waals surface area contributed by atoms with E-state index in [1.165, 1.54) is 16.7 Å². The molecule has 0 atom stereocenters. The molecular weight excluding hydrogens is 204 g/mol. The van der Waals surface area contributed by atoms with Crippen LogP contribution in [0.1, 0.15) is 31.9 Å². The van der Waals surface area contributed by atoms with E-state index < -0.39 is 0 Å². The molecule has 0 nitrogen and oxygen atoms in total. The molecule has 0 heteroatoms. The van der Waals surface area contributed by atoms with Gasteiger partial charge < -0.3 is 0 Å². The molecule has 0 heterocycles. The predicted octanol–water partition coefficient (Wildman–Crippen LogP) is 5.17. The largest absolute Gasteiger partial charge is 0.0870 e. The van der Waals surface area contributed by atoms with Crippen molar-refractivity contribution < 1.29 is 0 Å². The minimum atomic E-state index is 0.594. The van der Waals surface area contributed by atoms with Crippen LogP contribution in [0.15, 0.2) is 54.6 Å². The highest BCUT2D eigenvalue weighted by atomic mass is 14.0. The average molecular weight is 226 g/mol. The van der Waals surface area contributed by atoms with E-state index >= 15 is 0 Å². The van der Waals surface area contributed by atoms with Crippen LogP contribution in [-0.4, -0.2) is 0 Å². The first-order valence-corrected chi connectivity index (χ1v) is 6.21. The fourth-order valence-corrected chi connectivity index (χ4v) is 1.56. The maximum Gasteiger partial charge on any atom is -0.0184 e. The van der Waals surface area contributed by atoms with E-state index in [2.05, 4.69) is 75.4 Å². The summed E-state index contributed by atoms with van der Waals surface area (Å²) in [6, 6.07) is 8.65. The summed E-state index contributed by atoms with van der Waals surface area (Å²) in [5.74, 6) is 0.594. The summed E-state index contributed by atoms with van der Waals surface area (Å²) in [6.07, 6.45) is 10.7. The summed E-state index contributed by atoms with van der Waals surface area (Å²) < 4.78 is 0. The van der Waals surface area contributed by atoms with Crippen LogP contribution in [0.2, 0.25) is 0 Å².